The number of rotatable bonds is 4. The highest BCUT2D eigenvalue weighted by Crippen LogP contribution is 2.45. The summed E-state index contributed by atoms with van der Waals surface area (Å²) in [5.41, 5.74) is 2.25. The lowest BCUT2D eigenvalue weighted by atomic mass is 9.68. The number of fused-ring (bicyclic) bond motifs is 1. The van der Waals surface area contributed by atoms with Gasteiger partial charge in [0.2, 0.25) is 0 Å². The van der Waals surface area contributed by atoms with Gasteiger partial charge in [0.15, 0.2) is 0 Å². The summed E-state index contributed by atoms with van der Waals surface area (Å²) in [6.45, 7) is 4.29. The lowest BCUT2D eigenvalue weighted by molar-refractivity contribution is 0.171. The molecule has 0 nitrogen and oxygen atoms in total. The second kappa shape index (κ2) is 8.80. The van der Waals surface area contributed by atoms with Crippen LogP contribution in [0.1, 0.15) is 82.3 Å². The molecule has 0 saturated heterocycles. The fourth-order valence-corrected chi connectivity index (χ4v) is 5.88. The molecule has 150 valence electrons. The number of aryl methyl sites for hydroxylation is 1. The van der Waals surface area contributed by atoms with Gasteiger partial charge in [0.05, 0.1) is 0 Å². The Balaban J connectivity index is 1.40. The van der Waals surface area contributed by atoms with Gasteiger partial charge in [-0.1, -0.05) is 49.4 Å². The molecule has 0 amide bonds. The Kier molecular flexibility index (Phi) is 6.19. The lowest BCUT2D eigenvalue weighted by Crippen LogP contribution is -2.25. The molecule has 0 aromatic heterocycles. The van der Waals surface area contributed by atoms with Gasteiger partial charge in [0, 0.05) is 5.39 Å². The van der Waals surface area contributed by atoms with Crippen molar-refractivity contribution in [2.24, 2.45) is 17.8 Å². The zero-order valence-electron chi connectivity index (χ0n) is 17.6. The van der Waals surface area contributed by atoms with Crippen molar-refractivity contribution in [3.8, 4) is 0 Å². The number of halogens is 1. The maximum atomic E-state index is 15.3. The van der Waals surface area contributed by atoms with Gasteiger partial charge < -0.3 is 0 Å². The molecule has 2 fully saturated rings. The number of hydrogen-bond donors (Lipinski definition) is 0. The third-order valence-corrected chi connectivity index (χ3v) is 7.62. The van der Waals surface area contributed by atoms with Crippen molar-refractivity contribution in [2.45, 2.75) is 77.6 Å². The van der Waals surface area contributed by atoms with E-state index < -0.39 is 0 Å². The normalized spacial score (nSPS) is 28.8. The molecular weight excluding hydrogens is 343 g/mol. The first-order chi connectivity index (χ1) is 13.7. The van der Waals surface area contributed by atoms with E-state index in [1.165, 1.54) is 44.1 Å². The van der Waals surface area contributed by atoms with Crippen LogP contribution in [-0.4, -0.2) is 0 Å². The van der Waals surface area contributed by atoms with Crippen LogP contribution in [0.5, 0.6) is 0 Å². The van der Waals surface area contributed by atoms with Crippen LogP contribution in [0.2, 0.25) is 0 Å². The minimum atomic E-state index is 0.0375. The Morgan fingerprint density at radius 2 is 1.57 bits per heavy atom. The Bertz CT molecular complexity index is 818. The smallest absolute Gasteiger partial charge is 0.134 e. The summed E-state index contributed by atoms with van der Waals surface area (Å²) in [5, 5.41) is 1.85. The molecule has 2 aromatic carbocycles. The molecule has 0 aliphatic heterocycles. The van der Waals surface area contributed by atoms with Crippen molar-refractivity contribution in [1.29, 1.82) is 0 Å². The monoisotopic (exact) mass is 378 g/mol. The number of hydrogen-bond acceptors (Lipinski definition) is 0. The van der Waals surface area contributed by atoms with Crippen molar-refractivity contribution in [1.82, 2.24) is 0 Å². The van der Waals surface area contributed by atoms with E-state index in [2.05, 4.69) is 50.3 Å². The molecule has 2 aliphatic rings. The van der Waals surface area contributed by atoms with Gasteiger partial charge in [-0.15, -0.1) is 0 Å². The largest absolute Gasteiger partial charge is 0.206 e. The van der Waals surface area contributed by atoms with Gasteiger partial charge >= 0.3 is 0 Å². The topological polar surface area (TPSA) is 0 Å². The summed E-state index contributed by atoms with van der Waals surface area (Å²) in [7, 11) is 0. The molecule has 2 aliphatic carbocycles. The quantitative estimate of drug-likeness (QED) is 0.470. The van der Waals surface area contributed by atoms with E-state index in [1.54, 1.807) is 0 Å². The summed E-state index contributed by atoms with van der Waals surface area (Å²) in [5.74, 6) is 3.05. The average Bonchev–Trinajstić information content (AvgIpc) is 2.75. The summed E-state index contributed by atoms with van der Waals surface area (Å²) in [4.78, 5) is 0. The van der Waals surface area contributed by atoms with Crippen LogP contribution in [0, 0.1) is 23.6 Å². The van der Waals surface area contributed by atoms with Crippen LogP contribution >= 0.6 is 0 Å². The fraction of sp³-hybridized carbons (Fsp3) is 0.556. The minimum Gasteiger partial charge on any atom is -0.206 e. The van der Waals surface area contributed by atoms with E-state index in [9.17, 15) is 0 Å². The second-order valence-electron chi connectivity index (χ2n) is 9.19. The van der Waals surface area contributed by atoms with Crippen LogP contribution in [0.3, 0.4) is 0 Å². The highest BCUT2D eigenvalue weighted by molar-refractivity contribution is 5.84. The van der Waals surface area contributed by atoms with Gasteiger partial charge in [-0.25, -0.2) is 4.39 Å². The zero-order valence-corrected chi connectivity index (χ0v) is 17.6. The predicted octanol–water partition coefficient (Wildman–Crippen LogP) is 8.20. The molecule has 2 saturated carbocycles. The van der Waals surface area contributed by atoms with Crippen molar-refractivity contribution in [3.63, 3.8) is 0 Å². The average molecular weight is 379 g/mol. The Labute approximate surface area is 170 Å². The fourth-order valence-electron chi connectivity index (χ4n) is 5.88. The van der Waals surface area contributed by atoms with Crippen molar-refractivity contribution in [3.05, 3.63) is 59.4 Å². The second-order valence-corrected chi connectivity index (χ2v) is 9.19. The molecule has 1 heteroatoms. The predicted molar refractivity (Wildman–Crippen MR) is 118 cm³/mol. The highest BCUT2D eigenvalue weighted by atomic mass is 19.1. The maximum absolute atomic E-state index is 15.3. The SMILES string of the molecule is C/C=C/C1CCC(C2CCC(c3ccc4cc(CC)ccc4c3F)CC2)CC1. The van der Waals surface area contributed by atoms with Crippen LogP contribution < -0.4 is 0 Å². The van der Waals surface area contributed by atoms with Gasteiger partial charge in [-0.2, -0.15) is 0 Å². The van der Waals surface area contributed by atoms with Gasteiger partial charge in [0.25, 0.3) is 0 Å². The highest BCUT2D eigenvalue weighted by Gasteiger charge is 2.31. The molecule has 0 spiro atoms. The molecular formula is C27H35F. The Morgan fingerprint density at radius 3 is 2.21 bits per heavy atom. The van der Waals surface area contributed by atoms with Crippen molar-refractivity contribution in [2.75, 3.05) is 0 Å². The van der Waals surface area contributed by atoms with E-state index in [0.29, 0.717) is 5.92 Å². The van der Waals surface area contributed by atoms with E-state index in [0.717, 1.165) is 53.4 Å². The first-order valence-electron chi connectivity index (χ1n) is 11.5. The maximum Gasteiger partial charge on any atom is 0.134 e. The summed E-state index contributed by atoms with van der Waals surface area (Å²) < 4.78 is 15.3. The summed E-state index contributed by atoms with van der Waals surface area (Å²) >= 11 is 0. The summed E-state index contributed by atoms with van der Waals surface area (Å²) in [6, 6.07) is 10.4. The van der Waals surface area contributed by atoms with E-state index in [4.69, 9.17) is 0 Å². The zero-order chi connectivity index (χ0) is 19.5. The van der Waals surface area contributed by atoms with Crippen LogP contribution in [0.25, 0.3) is 10.8 Å². The molecule has 28 heavy (non-hydrogen) atoms. The molecule has 0 N–H and O–H groups in total. The lowest BCUT2D eigenvalue weighted by Gasteiger charge is -2.37. The molecule has 4 rings (SSSR count). The standard InChI is InChI=1S/C27H35F/c1-3-5-20-6-9-21(10-7-20)22-11-13-23(14-12-22)25-17-15-24-18-19(4-2)8-16-26(24)27(25)28/h3,5,8,15-18,20-23H,4,6-7,9-14H2,1-2H3/b5-3+. The minimum absolute atomic E-state index is 0.0375. The molecule has 0 unspecified atom stereocenters. The van der Waals surface area contributed by atoms with E-state index in [1.807, 2.05) is 6.07 Å². The number of allylic oxidation sites excluding steroid dienone is 2. The molecule has 0 bridgehead atoms. The first-order valence-corrected chi connectivity index (χ1v) is 11.5. The summed E-state index contributed by atoms with van der Waals surface area (Å²) in [6.07, 6.45) is 16.1. The van der Waals surface area contributed by atoms with E-state index >= 15 is 4.39 Å². The van der Waals surface area contributed by atoms with Crippen LogP contribution in [0.4, 0.5) is 4.39 Å². The van der Waals surface area contributed by atoms with Crippen molar-refractivity contribution < 1.29 is 4.39 Å². The van der Waals surface area contributed by atoms with Gasteiger partial charge in [-0.3, -0.25) is 0 Å². The van der Waals surface area contributed by atoms with Gasteiger partial charge in [-0.05, 0) is 105 Å². The van der Waals surface area contributed by atoms with Crippen LogP contribution in [-0.2, 0) is 6.42 Å². The Morgan fingerprint density at radius 1 is 0.893 bits per heavy atom. The third kappa shape index (κ3) is 4.04. The van der Waals surface area contributed by atoms with E-state index in [-0.39, 0.29) is 5.82 Å². The van der Waals surface area contributed by atoms with Gasteiger partial charge in [0.1, 0.15) is 5.82 Å². The molecule has 0 radical (unpaired) electrons. The third-order valence-electron chi connectivity index (χ3n) is 7.62. The molecule has 0 atom stereocenters. The van der Waals surface area contributed by atoms with Crippen LogP contribution in [0.15, 0.2) is 42.5 Å². The molecule has 2 aromatic rings. The number of benzene rings is 2. The van der Waals surface area contributed by atoms with Crippen molar-refractivity contribution >= 4 is 10.8 Å². The Hall–Kier alpha value is -1.63. The molecule has 0 heterocycles. The first kappa shape index (κ1) is 19.7.